The van der Waals surface area contributed by atoms with Gasteiger partial charge in [0.25, 0.3) is 0 Å². The summed E-state index contributed by atoms with van der Waals surface area (Å²) in [5.41, 5.74) is 4.66. The number of aryl methyl sites for hydroxylation is 1. The summed E-state index contributed by atoms with van der Waals surface area (Å²) in [6.07, 6.45) is 5.79. The molecule has 0 radical (unpaired) electrons. The Morgan fingerprint density at radius 1 is 1.06 bits per heavy atom. The topological polar surface area (TPSA) is 104 Å². The van der Waals surface area contributed by atoms with Gasteiger partial charge < -0.3 is 19.6 Å². The molecule has 1 aliphatic carbocycles. The molecule has 1 aromatic heterocycles. The molecule has 0 amide bonds. The lowest BCUT2D eigenvalue weighted by molar-refractivity contribution is -0.134. The number of carboxylic acids is 2. The number of benzene rings is 2. The SMILES string of the molecule is Fc1ccc2c(C3CCN(CC4CCc5ccccc54)CC3)noc2c1.O=C(O)/C=C/C(=O)O. The van der Waals surface area contributed by atoms with E-state index in [0.29, 0.717) is 29.6 Å². The highest BCUT2D eigenvalue weighted by Crippen LogP contribution is 2.36. The number of likely N-dealkylation sites (tertiary alicyclic amines) is 1. The standard InChI is InChI=1S/C22H23FN2O.C4H4O4/c23-18-7-8-20-21(13-18)26-24-22(20)16-9-11-25(12-10-16)14-17-6-5-15-3-1-2-4-19(15)17;5-3(6)1-2-4(7)8/h1-4,7-8,13,16-17H,5-6,9-12,14H2;1-2H,(H,5,6)(H,7,8)/b;2-1+. The Morgan fingerprint density at radius 2 is 1.76 bits per heavy atom. The van der Waals surface area contributed by atoms with E-state index in [0.717, 1.165) is 43.6 Å². The number of aromatic nitrogens is 1. The van der Waals surface area contributed by atoms with Gasteiger partial charge in [0.15, 0.2) is 5.58 Å². The van der Waals surface area contributed by atoms with Crippen LogP contribution in [0.4, 0.5) is 4.39 Å². The number of rotatable bonds is 5. The first-order chi connectivity index (χ1) is 16.4. The second-order valence-electron chi connectivity index (χ2n) is 8.73. The third-order valence-corrected chi connectivity index (χ3v) is 6.54. The Labute approximate surface area is 196 Å². The van der Waals surface area contributed by atoms with Crippen LogP contribution in [-0.2, 0) is 16.0 Å². The molecule has 178 valence electrons. The quantitative estimate of drug-likeness (QED) is 0.530. The Kier molecular flexibility index (Phi) is 7.37. The fourth-order valence-electron chi connectivity index (χ4n) is 4.90. The zero-order chi connectivity index (χ0) is 24.1. The van der Waals surface area contributed by atoms with Gasteiger partial charge in [-0.25, -0.2) is 14.0 Å². The second-order valence-corrected chi connectivity index (χ2v) is 8.73. The first-order valence-corrected chi connectivity index (χ1v) is 11.4. The fraction of sp³-hybridized carbons (Fsp3) is 0.346. The number of fused-ring (bicyclic) bond motifs is 2. The van der Waals surface area contributed by atoms with Gasteiger partial charge in [-0.2, -0.15) is 0 Å². The molecule has 2 aromatic carbocycles. The normalized spacial score (nSPS) is 18.6. The van der Waals surface area contributed by atoms with E-state index in [1.165, 1.54) is 30.5 Å². The van der Waals surface area contributed by atoms with Crippen molar-refractivity contribution in [2.45, 2.75) is 37.5 Å². The molecule has 1 aliphatic heterocycles. The average Bonchev–Trinajstić information content (AvgIpc) is 3.43. The molecule has 34 heavy (non-hydrogen) atoms. The lowest BCUT2D eigenvalue weighted by Gasteiger charge is -2.33. The van der Waals surface area contributed by atoms with Gasteiger partial charge in [-0.1, -0.05) is 29.4 Å². The van der Waals surface area contributed by atoms with Crippen LogP contribution in [0.5, 0.6) is 0 Å². The zero-order valence-corrected chi connectivity index (χ0v) is 18.7. The van der Waals surface area contributed by atoms with E-state index in [9.17, 15) is 14.0 Å². The van der Waals surface area contributed by atoms with Crippen LogP contribution >= 0.6 is 0 Å². The number of halogens is 1. The molecule has 7 nitrogen and oxygen atoms in total. The summed E-state index contributed by atoms with van der Waals surface area (Å²) in [7, 11) is 0. The number of nitrogens with zero attached hydrogens (tertiary/aromatic N) is 2. The van der Waals surface area contributed by atoms with E-state index in [1.807, 2.05) is 0 Å². The van der Waals surface area contributed by atoms with Gasteiger partial charge >= 0.3 is 11.9 Å². The highest BCUT2D eigenvalue weighted by Gasteiger charge is 2.28. The van der Waals surface area contributed by atoms with Gasteiger partial charge in [-0.05, 0) is 68.0 Å². The average molecular weight is 467 g/mol. The molecule has 0 bridgehead atoms. The maximum absolute atomic E-state index is 13.3. The summed E-state index contributed by atoms with van der Waals surface area (Å²) >= 11 is 0. The van der Waals surface area contributed by atoms with Crippen molar-refractivity contribution in [2.24, 2.45) is 0 Å². The largest absolute Gasteiger partial charge is 0.478 e. The highest BCUT2D eigenvalue weighted by molar-refractivity contribution is 5.89. The van der Waals surface area contributed by atoms with Crippen LogP contribution < -0.4 is 0 Å². The lowest BCUT2D eigenvalue weighted by atomic mass is 9.90. The van der Waals surface area contributed by atoms with Crippen molar-refractivity contribution >= 4 is 22.9 Å². The van der Waals surface area contributed by atoms with Crippen molar-refractivity contribution in [3.05, 3.63) is 77.3 Å². The van der Waals surface area contributed by atoms with Gasteiger partial charge in [0.2, 0.25) is 0 Å². The van der Waals surface area contributed by atoms with E-state index in [4.69, 9.17) is 14.7 Å². The maximum Gasteiger partial charge on any atom is 0.328 e. The fourth-order valence-corrected chi connectivity index (χ4v) is 4.90. The van der Waals surface area contributed by atoms with Crippen molar-refractivity contribution in [3.8, 4) is 0 Å². The van der Waals surface area contributed by atoms with Crippen molar-refractivity contribution in [2.75, 3.05) is 19.6 Å². The molecule has 2 N–H and O–H groups in total. The lowest BCUT2D eigenvalue weighted by Crippen LogP contribution is -2.35. The minimum absolute atomic E-state index is 0.271. The summed E-state index contributed by atoms with van der Waals surface area (Å²) in [5, 5.41) is 20.8. The third kappa shape index (κ3) is 5.69. The summed E-state index contributed by atoms with van der Waals surface area (Å²) in [6.45, 7) is 3.35. The molecule has 2 heterocycles. The van der Waals surface area contributed by atoms with Gasteiger partial charge in [-0.15, -0.1) is 0 Å². The molecule has 5 rings (SSSR count). The Hall–Kier alpha value is -3.52. The second kappa shape index (κ2) is 10.6. The summed E-state index contributed by atoms with van der Waals surface area (Å²) in [6, 6.07) is 13.6. The van der Waals surface area contributed by atoms with Crippen LogP contribution in [0.2, 0.25) is 0 Å². The number of hydrogen-bond acceptors (Lipinski definition) is 5. The smallest absolute Gasteiger partial charge is 0.328 e. The predicted octanol–water partition coefficient (Wildman–Crippen LogP) is 4.59. The van der Waals surface area contributed by atoms with E-state index < -0.39 is 11.9 Å². The molecule has 1 fully saturated rings. The van der Waals surface area contributed by atoms with Gasteiger partial charge in [0.1, 0.15) is 5.82 Å². The molecule has 1 unspecified atom stereocenters. The first-order valence-electron chi connectivity index (χ1n) is 11.4. The molecule has 1 atom stereocenters. The number of piperidine rings is 1. The van der Waals surface area contributed by atoms with Crippen LogP contribution in [0.1, 0.15) is 47.9 Å². The van der Waals surface area contributed by atoms with Gasteiger partial charge in [0.05, 0.1) is 5.69 Å². The molecular weight excluding hydrogens is 439 g/mol. The Balaban J connectivity index is 0.000000297. The van der Waals surface area contributed by atoms with E-state index in [1.54, 1.807) is 11.6 Å². The number of aliphatic carboxylic acids is 2. The van der Waals surface area contributed by atoms with Gasteiger partial charge in [-0.3, -0.25) is 0 Å². The summed E-state index contributed by atoms with van der Waals surface area (Å²) < 4.78 is 18.7. The van der Waals surface area contributed by atoms with Crippen molar-refractivity contribution in [1.29, 1.82) is 0 Å². The molecular formula is C26H27FN2O5. The van der Waals surface area contributed by atoms with E-state index in [2.05, 4.69) is 34.3 Å². The Bertz CT molecular complexity index is 1180. The van der Waals surface area contributed by atoms with Crippen LogP contribution in [0, 0.1) is 5.82 Å². The third-order valence-electron chi connectivity index (χ3n) is 6.54. The molecule has 3 aromatic rings. The van der Waals surface area contributed by atoms with Crippen LogP contribution in [-0.4, -0.2) is 51.8 Å². The van der Waals surface area contributed by atoms with Crippen molar-refractivity contribution in [1.82, 2.24) is 10.1 Å². The molecule has 8 heteroatoms. The molecule has 0 saturated carbocycles. The maximum atomic E-state index is 13.3. The Morgan fingerprint density at radius 3 is 2.47 bits per heavy atom. The van der Waals surface area contributed by atoms with Crippen molar-refractivity contribution in [3.63, 3.8) is 0 Å². The zero-order valence-electron chi connectivity index (χ0n) is 18.7. The first kappa shape index (κ1) is 23.6. The predicted molar refractivity (Wildman–Crippen MR) is 124 cm³/mol. The van der Waals surface area contributed by atoms with Crippen LogP contribution in [0.25, 0.3) is 11.0 Å². The van der Waals surface area contributed by atoms with Crippen LogP contribution in [0.3, 0.4) is 0 Å². The minimum atomic E-state index is -1.26. The van der Waals surface area contributed by atoms with Gasteiger partial charge in [0, 0.05) is 36.1 Å². The molecule has 0 spiro atoms. The molecule has 2 aliphatic rings. The monoisotopic (exact) mass is 466 g/mol. The van der Waals surface area contributed by atoms with E-state index in [-0.39, 0.29) is 5.82 Å². The summed E-state index contributed by atoms with van der Waals surface area (Å²) in [5.74, 6) is -1.70. The van der Waals surface area contributed by atoms with E-state index >= 15 is 0 Å². The molecule has 1 saturated heterocycles. The van der Waals surface area contributed by atoms with Crippen LogP contribution in [0.15, 0.2) is 59.1 Å². The number of carbonyl (C=O) groups is 2. The minimum Gasteiger partial charge on any atom is -0.478 e. The summed E-state index contributed by atoms with van der Waals surface area (Å²) in [4.78, 5) is 21.7. The number of carboxylic acid groups (broad SMARTS) is 2. The van der Waals surface area contributed by atoms with Crippen molar-refractivity contribution < 1.29 is 28.7 Å². The number of hydrogen-bond donors (Lipinski definition) is 2. The highest BCUT2D eigenvalue weighted by atomic mass is 19.1.